The number of nitrogen functional groups attached to an aromatic ring is 1. The monoisotopic (exact) mass is 253 g/mol. The zero-order valence-electron chi connectivity index (χ0n) is 9.20. The number of anilines is 3. The van der Waals surface area contributed by atoms with Gasteiger partial charge in [0.25, 0.3) is 0 Å². The maximum absolute atomic E-state index is 12.4. The molecule has 0 aliphatic rings. The van der Waals surface area contributed by atoms with E-state index in [9.17, 15) is 13.2 Å². The number of pyridine rings is 1. The van der Waals surface area contributed by atoms with Gasteiger partial charge >= 0.3 is 6.18 Å². The lowest BCUT2D eigenvalue weighted by atomic mass is 10.1. The van der Waals surface area contributed by atoms with Crippen molar-refractivity contribution in [2.75, 3.05) is 11.1 Å². The first-order valence-corrected chi connectivity index (χ1v) is 5.11. The summed E-state index contributed by atoms with van der Waals surface area (Å²) in [5.41, 5.74) is 5.22. The first-order valence-electron chi connectivity index (χ1n) is 5.11. The Morgan fingerprint density at radius 1 is 1.11 bits per heavy atom. The SMILES string of the molecule is Nc1cc(C(F)(F)F)ccc1Nc1ccccn1. The van der Waals surface area contributed by atoms with Crippen LogP contribution in [0.1, 0.15) is 5.56 Å². The van der Waals surface area contributed by atoms with E-state index >= 15 is 0 Å². The largest absolute Gasteiger partial charge is 0.416 e. The van der Waals surface area contributed by atoms with E-state index in [-0.39, 0.29) is 5.69 Å². The van der Waals surface area contributed by atoms with E-state index in [0.717, 1.165) is 12.1 Å². The Balaban J connectivity index is 2.26. The third kappa shape index (κ3) is 2.71. The van der Waals surface area contributed by atoms with Crippen LogP contribution in [0.15, 0.2) is 42.6 Å². The molecule has 3 nitrogen and oxygen atoms in total. The molecule has 18 heavy (non-hydrogen) atoms. The molecule has 0 aliphatic heterocycles. The Labute approximate surface area is 101 Å². The minimum atomic E-state index is -4.39. The van der Waals surface area contributed by atoms with Gasteiger partial charge in [-0.25, -0.2) is 4.98 Å². The average molecular weight is 253 g/mol. The first-order chi connectivity index (χ1) is 8.47. The minimum absolute atomic E-state index is 0.0236. The van der Waals surface area contributed by atoms with Crippen molar-refractivity contribution < 1.29 is 13.2 Å². The Morgan fingerprint density at radius 2 is 1.89 bits per heavy atom. The topological polar surface area (TPSA) is 50.9 Å². The Kier molecular flexibility index (Phi) is 3.10. The van der Waals surface area contributed by atoms with E-state index in [2.05, 4.69) is 10.3 Å². The summed E-state index contributed by atoms with van der Waals surface area (Å²) < 4.78 is 37.3. The molecule has 0 radical (unpaired) electrons. The molecule has 0 atom stereocenters. The van der Waals surface area contributed by atoms with Crippen LogP contribution >= 0.6 is 0 Å². The number of halogens is 3. The van der Waals surface area contributed by atoms with Gasteiger partial charge in [-0.2, -0.15) is 13.2 Å². The fraction of sp³-hybridized carbons (Fsp3) is 0.0833. The molecule has 0 unspecified atom stereocenters. The normalized spacial score (nSPS) is 11.3. The zero-order valence-corrected chi connectivity index (χ0v) is 9.20. The molecule has 0 amide bonds. The highest BCUT2D eigenvalue weighted by Gasteiger charge is 2.30. The molecular weight excluding hydrogens is 243 g/mol. The highest BCUT2D eigenvalue weighted by atomic mass is 19.4. The third-order valence-corrected chi connectivity index (χ3v) is 2.31. The summed E-state index contributed by atoms with van der Waals surface area (Å²) in [7, 11) is 0. The van der Waals surface area contributed by atoms with Crippen molar-refractivity contribution >= 4 is 17.2 Å². The summed E-state index contributed by atoms with van der Waals surface area (Å²) in [5.74, 6) is 0.518. The van der Waals surface area contributed by atoms with Crippen LogP contribution in [0.5, 0.6) is 0 Å². The van der Waals surface area contributed by atoms with Crippen LogP contribution < -0.4 is 11.1 Å². The lowest BCUT2D eigenvalue weighted by Crippen LogP contribution is -2.06. The van der Waals surface area contributed by atoms with Crippen LogP contribution in [0.4, 0.5) is 30.4 Å². The van der Waals surface area contributed by atoms with Crippen molar-refractivity contribution in [2.45, 2.75) is 6.18 Å². The predicted octanol–water partition coefficient (Wildman–Crippen LogP) is 3.43. The van der Waals surface area contributed by atoms with Gasteiger partial charge in [-0.3, -0.25) is 0 Å². The molecule has 94 valence electrons. The molecule has 0 aliphatic carbocycles. The molecule has 0 saturated heterocycles. The molecule has 1 aromatic carbocycles. The molecule has 3 N–H and O–H groups in total. The van der Waals surface area contributed by atoms with E-state index in [4.69, 9.17) is 5.73 Å². The summed E-state index contributed by atoms with van der Waals surface area (Å²) >= 11 is 0. The van der Waals surface area contributed by atoms with Gasteiger partial charge in [0, 0.05) is 6.20 Å². The molecule has 2 aromatic rings. The number of aromatic nitrogens is 1. The summed E-state index contributed by atoms with van der Waals surface area (Å²) in [4.78, 5) is 4.00. The molecule has 1 aromatic heterocycles. The maximum atomic E-state index is 12.4. The summed E-state index contributed by atoms with van der Waals surface area (Å²) in [6.45, 7) is 0. The lowest BCUT2D eigenvalue weighted by molar-refractivity contribution is -0.137. The molecule has 2 rings (SSSR count). The number of alkyl halides is 3. The standard InChI is InChI=1S/C12H10F3N3/c13-12(14,15)8-4-5-10(9(16)7-8)18-11-3-1-2-6-17-11/h1-7H,16H2,(H,17,18). The minimum Gasteiger partial charge on any atom is -0.397 e. The van der Waals surface area contributed by atoms with Gasteiger partial charge in [-0.1, -0.05) is 6.07 Å². The van der Waals surface area contributed by atoms with Crippen LogP contribution in [0.2, 0.25) is 0 Å². The van der Waals surface area contributed by atoms with Crippen LogP contribution in [0, 0.1) is 0 Å². The number of nitrogens with two attached hydrogens (primary N) is 1. The van der Waals surface area contributed by atoms with Crippen molar-refractivity contribution in [1.82, 2.24) is 4.98 Å². The molecule has 0 fully saturated rings. The summed E-state index contributed by atoms with van der Waals surface area (Å²) in [6.07, 6.45) is -2.82. The van der Waals surface area contributed by atoms with Gasteiger partial charge in [0.15, 0.2) is 0 Å². The Morgan fingerprint density at radius 3 is 2.44 bits per heavy atom. The van der Waals surface area contributed by atoms with Crippen LogP contribution in [-0.4, -0.2) is 4.98 Å². The van der Waals surface area contributed by atoms with E-state index in [1.54, 1.807) is 24.4 Å². The lowest BCUT2D eigenvalue weighted by Gasteiger charge is -2.12. The third-order valence-electron chi connectivity index (χ3n) is 2.31. The van der Waals surface area contributed by atoms with Gasteiger partial charge < -0.3 is 11.1 Å². The fourth-order valence-electron chi connectivity index (χ4n) is 1.43. The number of rotatable bonds is 2. The molecule has 0 spiro atoms. The molecule has 1 heterocycles. The van der Waals surface area contributed by atoms with Gasteiger partial charge in [0.05, 0.1) is 16.9 Å². The van der Waals surface area contributed by atoms with Crippen LogP contribution in [0.25, 0.3) is 0 Å². The van der Waals surface area contributed by atoms with Gasteiger partial charge in [0.1, 0.15) is 5.82 Å². The number of nitrogens with one attached hydrogen (secondary N) is 1. The summed E-state index contributed by atoms with van der Waals surface area (Å²) in [6, 6.07) is 8.34. The molecule has 0 saturated carbocycles. The van der Waals surface area contributed by atoms with Crippen molar-refractivity contribution in [3.8, 4) is 0 Å². The highest BCUT2D eigenvalue weighted by Crippen LogP contribution is 2.33. The molecular formula is C12H10F3N3. The second-order valence-electron chi connectivity index (χ2n) is 3.64. The van der Waals surface area contributed by atoms with E-state index in [1.807, 2.05) is 0 Å². The van der Waals surface area contributed by atoms with Gasteiger partial charge in [-0.15, -0.1) is 0 Å². The van der Waals surface area contributed by atoms with Crippen molar-refractivity contribution in [3.63, 3.8) is 0 Å². The van der Waals surface area contributed by atoms with Crippen LogP contribution in [-0.2, 0) is 6.18 Å². The fourth-order valence-corrected chi connectivity index (χ4v) is 1.43. The average Bonchev–Trinajstić information content (AvgIpc) is 2.32. The molecule has 0 bridgehead atoms. The summed E-state index contributed by atoms with van der Waals surface area (Å²) in [5, 5.41) is 2.85. The Hall–Kier alpha value is -2.24. The van der Waals surface area contributed by atoms with E-state index in [0.29, 0.717) is 11.5 Å². The number of hydrogen-bond donors (Lipinski definition) is 2. The second-order valence-corrected chi connectivity index (χ2v) is 3.64. The molecule has 6 heteroatoms. The van der Waals surface area contributed by atoms with E-state index in [1.165, 1.54) is 6.07 Å². The van der Waals surface area contributed by atoms with Crippen molar-refractivity contribution in [2.24, 2.45) is 0 Å². The van der Waals surface area contributed by atoms with Crippen molar-refractivity contribution in [1.29, 1.82) is 0 Å². The number of benzene rings is 1. The second kappa shape index (κ2) is 4.56. The zero-order chi connectivity index (χ0) is 13.2. The van der Waals surface area contributed by atoms with Gasteiger partial charge in [-0.05, 0) is 30.3 Å². The number of hydrogen-bond acceptors (Lipinski definition) is 3. The number of nitrogens with zero attached hydrogens (tertiary/aromatic N) is 1. The van der Waals surface area contributed by atoms with Gasteiger partial charge in [0.2, 0.25) is 0 Å². The first kappa shape index (κ1) is 12.2. The van der Waals surface area contributed by atoms with Crippen LogP contribution in [0.3, 0.4) is 0 Å². The predicted molar refractivity (Wildman–Crippen MR) is 63.4 cm³/mol. The Bertz CT molecular complexity index is 538. The quantitative estimate of drug-likeness (QED) is 0.806. The van der Waals surface area contributed by atoms with E-state index < -0.39 is 11.7 Å². The van der Waals surface area contributed by atoms with Crippen molar-refractivity contribution in [3.05, 3.63) is 48.2 Å². The maximum Gasteiger partial charge on any atom is 0.416 e. The smallest absolute Gasteiger partial charge is 0.397 e. The highest BCUT2D eigenvalue weighted by molar-refractivity contribution is 5.71.